The van der Waals surface area contributed by atoms with E-state index in [1.54, 1.807) is 6.08 Å². The van der Waals surface area contributed by atoms with E-state index in [1.807, 2.05) is 13.8 Å². The first-order valence-electron chi connectivity index (χ1n) is 4.19. The van der Waals surface area contributed by atoms with E-state index in [0.717, 1.165) is 12.8 Å². The number of carbonyl (C=O) groups is 1. The first-order valence-corrected chi connectivity index (χ1v) is 5.11. The molecule has 0 saturated heterocycles. The molecule has 0 aromatic rings. The molecule has 0 aliphatic rings. The summed E-state index contributed by atoms with van der Waals surface area (Å²) in [6, 6.07) is 0. The molecule has 0 radical (unpaired) electrons. The largest absolute Gasteiger partial charge is 0.463 e. The number of allylic oxidation sites excluding steroid dienone is 1. The van der Waals surface area contributed by atoms with Gasteiger partial charge < -0.3 is 4.74 Å². The Labute approximate surface area is 82.1 Å². The van der Waals surface area contributed by atoms with Gasteiger partial charge in [0.25, 0.3) is 0 Å². The topological polar surface area (TPSA) is 26.3 Å². The quantitative estimate of drug-likeness (QED) is 0.416. The van der Waals surface area contributed by atoms with Crippen molar-refractivity contribution in [3.8, 4) is 0 Å². The molecule has 0 rings (SSSR count). The van der Waals surface area contributed by atoms with Gasteiger partial charge in [0.05, 0.1) is 6.61 Å². The molecule has 2 nitrogen and oxygen atoms in total. The molecule has 1 atom stereocenters. The first-order chi connectivity index (χ1) is 5.70. The Balaban J connectivity index is 3.60. The SMILES string of the molecule is CCCOC(=O)C=CC(Br)CC. The van der Waals surface area contributed by atoms with Gasteiger partial charge in [0.1, 0.15) is 0 Å². The molecule has 12 heavy (non-hydrogen) atoms. The highest BCUT2D eigenvalue weighted by Crippen LogP contribution is 2.05. The third-order valence-corrected chi connectivity index (χ3v) is 2.23. The molecule has 0 aliphatic carbocycles. The monoisotopic (exact) mass is 234 g/mol. The van der Waals surface area contributed by atoms with Gasteiger partial charge in [-0.2, -0.15) is 0 Å². The summed E-state index contributed by atoms with van der Waals surface area (Å²) in [6.45, 7) is 4.51. The number of hydrogen-bond acceptors (Lipinski definition) is 2. The zero-order valence-electron chi connectivity index (χ0n) is 7.55. The Morgan fingerprint density at radius 2 is 2.25 bits per heavy atom. The van der Waals surface area contributed by atoms with Crippen LogP contribution >= 0.6 is 15.9 Å². The maximum absolute atomic E-state index is 10.9. The van der Waals surface area contributed by atoms with Crippen LogP contribution in [0.2, 0.25) is 0 Å². The summed E-state index contributed by atoms with van der Waals surface area (Å²) < 4.78 is 4.84. The Bertz CT molecular complexity index is 155. The van der Waals surface area contributed by atoms with E-state index < -0.39 is 0 Å². The molecule has 0 fully saturated rings. The Kier molecular flexibility index (Phi) is 7.16. The summed E-state index contributed by atoms with van der Waals surface area (Å²) in [6.07, 6.45) is 5.11. The van der Waals surface area contributed by atoms with Crippen molar-refractivity contribution >= 4 is 21.9 Å². The van der Waals surface area contributed by atoms with Gasteiger partial charge in [0.2, 0.25) is 0 Å². The Morgan fingerprint density at radius 1 is 1.58 bits per heavy atom. The second-order valence-corrected chi connectivity index (χ2v) is 3.63. The molecule has 0 aliphatic heterocycles. The minimum absolute atomic E-state index is 0.255. The average molecular weight is 235 g/mol. The van der Waals surface area contributed by atoms with E-state index in [-0.39, 0.29) is 10.8 Å². The van der Waals surface area contributed by atoms with E-state index in [0.29, 0.717) is 6.61 Å². The Morgan fingerprint density at radius 3 is 2.75 bits per heavy atom. The van der Waals surface area contributed by atoms with E-state index in [9.17, 15) is 4.79 Å². The van der Waals surface area contributed by atoms with Crippen LogP contribution in [0.1, 0.15) is 26.7 Å². The van der Waals surface area contributed by atoms with E-state index in [1.165, 1.54) is 6.08 Å². The van der Waals surface area contributed by atoms with Crippen LogP contribution in [0.5, 0.6) is 0 Å². The molecule has 0 bridgehead atoms. The van der Waals surface area contributed by atoms with Crippen molar-refractivity contribution in [3.05, 3.63) is 12.2 Å². The van der Waals surface area contributed by atoms with Crippen LogP contribution < -0.4 is 0 Å². The predicted octanol–water partition coefficient (Wildman–Crippen LogP) is 2.67. The lowest BCUT2D eigenvalue weighted by Crippen LogP contribution is -2.02. The second-order valence-electron chi connectivity index (χ2n) is 2.45. The van der Waals surface area contributed by atoms with E-state index >= 15 is 0 Å². The molecule has 0 spiro atoms. The number of ether oxygens (including phenoxy) is 1. The summed E-state index contributed by atoms with van der Waals surface area (Å²) in [5.74, 6) is -0.255. The van der Waals surface area contributed by atoms with Crippen LogP contribution in [0.4, 0.5) is 0 Å². The summed E-state index contributed by atoms with van der Waals surface area (Å²) in [5.41, 5.74) is 0. The minimum atomic E-state index is -0.255. The molecule has 0 N–H and O–H groups in total. The van der Waals surface area contributed by atoms with Gasteiger partial charge in [-0.3, -0.25) is 0 Å². The van der Waals surface area contributed by atoms with Crippen LogP contribution in [0, 0.1) is 0 Å². The van der Waals surface area contributed by atoms with Crippen LogP contribution in [-0.2, 0) is 9.53 Å². The predicted molar refractivity (Wildman–Crippen MR) is 53.4 cm³/mol. The van der Waals surface area contributed by atoms with Gasteiger partial charge in [0.15, 0.2) is 0 Å². The lowest BCUT2D eigenvalue weighted by Gasteiger charge is -1.99. The fourth-order valence-electron chi connectivity index (χ4n) is 0.570. The maximum atomic E-state index is 10.9. The second kappa shape index (κ2) is 7.35. The molecular weight excluding hydrogens is 220 g/mol. The van der Waals surface area contributed by atoms with E-state index in [2.05, 4.69) is 15.9 Å². The summed E-state index contributed by atoms with van der Waals surface area (Å²) in [7, 11) is 0. The zero-order valence-corrected chi connectivity index (χ0v) is 9.13. The number of rotatable bonds is 5. The first kappa shape index (κ1) is 11.7. The van der Waals surface area contributed by atoms with Gasteiger partial charge in [0, 0.05) is 10.9 Å². The number of halogens is 1. The van der Waals surface area contributed by atoms with Crippen LogP contribution in [0.15, 0.2) is 12.2 Å². The minimum Gasteiger partial charge on any atom is -0.463 e. The van der Waals surface area contributed by atoms with Gasteiger partial charge in [-0.1, -0.05) is 35.9 Å². The maximum Gasteiger partial charge on any atom is 0.330 e. The molecule has 0 saturated carbocycles. The molecule has 3 heteroatoms. The van der Waals surface area contributed by atoms with Crippen molar-refractivity contribution in [3.63, 3.8) is 0 Å². The van der Waals surface area contributed by atoms with Crippen molar-refractivity contribution in [1.29, 1.82) is 0 Å². The van der Waals surface area contributed by atoms with Crippen molar-refractivity contribution in [2.45, 2.75) is 31.5 Å². The highest BCUT2D eigenvalue weighted by molar-refractivity contribution is 9.09. The normalized spacial score (nSPS) is 13.2. The van der Waals surface area contributed by atoms with Gasteiger partial charge in [-0.25, -0.2) is 4.79 Å². The number of hydrogen-bond donors (Lipinski definition) is 0. The van der Waals surface area contributed by atoms with Crippen LogP contribution in [-0.4, -0.2) is 17.4 Å². The molecule has 0 aromatic heterocycles. The highest BCUT2D eigenvalue weighted by atomic mass is 79.9. The van der Waals surface area contributed by atoms with Gasteiger partial charge in [-0.05, 0) is 12.8 Å². The molecule has 0 heterocycles. The number of esters is 1. The number of alkyl halides is 1. The molecule has 0 amide bonds. The smallest absolute Gasteiger partial charge is 0.330 e. The van der Waals surface area contributed by atoms with E-state index in [4.69, 9.17) is 4.74 Å². The zero-order chi connectivity index (χ0) is 9.40. The highest BCUT2D eigenvalue weighted by Gasteiger charge is 1.97. The third kappa shape index (κ3) is 6.40. The summed E-state index contributed by atoms with van der Waals surface area (Å²) >= 11 is 3.38. The fourth-order valence-corrected chi connectivity index (χ4v) is 0.722. The lowest BCUT2D eigenvalue weighted by atomic mass is 10.3. The Hall–Kier alpha value is -0.310. The fraction of sp³-hybridized carbons (Fsp3) is 0.667. The van der Waals surface area contributed by atoms with Crippen molar-refractivity contribution in [1.82, 2.24) is 0 Å². The average Bonchev–Trinajstić information content (AvgIpc) is 2.10. The standard InChI is InChI=1S/C9H15BrO2/c1-3-7-12-9(11)6-5-8(10)4-2/h5-6,8H,3-4,7H2,1-2H3. The molecular formula is C9H15BrO2. The van der Waals surface area contributed by atoms with Crippen molar-refractivity contribution < 1.29 is 9.53 Å². The number of carbonyl (C=O) groups excluding carboxylic acids is 1. The van der Waals surface area contributed by atoms with Crippen LogP contribution in [0.25, 0.3) is 0 Å². The third-order valence-electron chi connectivity index (χ3n) is 1.28. The summed E-state index contributed by atoms with van der Waals surface area (Å²) in [5, 5.41) is 0. The molecule has 0 aromatic carbocycles. The molecule has 70 valence electrons. The van der Waals surface area contributed by atoms with Gasteiger partial charge >= 0.3 is 5.97 Å². The van der Waals surface area contributed by atoms with Crippen LogP contribution in [0.3, 0.4) is 0 Å². The van der Waals surface area contributed by atoms with Crippen molar-refractivity contribution in [2.24, 2.45) is 0 Å². The van der Waals surface area contributed by atoms with Crippen molar-refractivity contribution in [2.75, 3.05) is 6.61 Å². The molecule has 1 unspecified atom stereocenters. The van der Waals surface area contributed by atoms with Gasteiger partial charge in [-0.15, -0.1) is 0 Å². The lowest BCUT2D eigenvalue weighted by molar-refractivity contribution is -0.137. The summed E-state index contributed by atoms with van der Waals surface area (Å²) in [4.78, 5) is 11.2.